The van der Waals surface area contributed by atoms with Gasteiger partial charge < -0.3 is 35.0 Å². The van der Waals surface area contributed by atoms with Crippen molar-refractivity contribution in [3.63, 3.8) is 0 Å². The molecule has 4 N–H and O–H groups in total. The van der Waals surface area contributed by atoms with Gasteiger partial charge in [-0.1, -0.05) is 50.6 Å². The maximum absolute atomic E-state index is 15.3. The Bertz CT molecular complexity index is 2330. The van der Waals surface area contributed by atoms with Crippen molar-refractivity contribution in [1.29, 1.82) is 0 Å². The summed E-state index contributed by atoms with van der Waals surface area (Å²) in [6.45, 7) is 19.6. The monoisotopic (exact) mass is 935 g/mol. The molecule has 1 unspecified atom stereocenters. The second-order valence-electron chi connectivity index (χ2n) is 18.2. The van der Waals surface area contributed by atoms with Gasteiger partial charge in [0.2, 0.25) is 17.7 Å². The van der Waals surface area contributed by atoms with E-state index in [1.54, 1.807) is 24.3 Å². The van der Waals surface area contributed by atoms with Gasteiger partial charge in [-0.3, -0.25) is 24.6 Å². The van der Waals surface area contributed by atoms with E-state index in [9.17, 15) is 19.5 Å². The van der Waals surface area contributed by atoms with Crippen molar-refractivity contribution in [2.75, 3.05) is 74.5 Å². The van der Waals surface area contributed by atoms with Crippen LogP contribution in [-0.2, 0) is 14.4 Å². The number of aromatic hydroxyl groups is 1. The summed E-state index contributed by atoms with van der Waals surface area (Å²) in [5, 5.41) is 20.7. The number of para-hydroxylation sites is 1. The number of carbonyl (C=O) groups excluding carboxylic acids is 3. The number of fused-ring (bicyclic) bond motifs is 1. The number of aromatic nitrogens is 2. The first-order valence-corrected chi connectivity index (χ1v) is 24.4. The summed E-state index contributed by atoms with van der Waals surface area (Å²) < 4.78 is 27.5. The van der Waals surface area contributed by atoms with Crippen LogP contribution in [0.25, 0.3) is 11.3 Å². The fourth-order valence-corrected chi connectivity index (χ4v) is 9.59. The van der Waals surface area contributed by atoms with E-state index in [0.717, 1.165) is 50.2 Å². The largest absolute Gasteiger partial charge is 0.507 e. The quantitative estimate of drug-likeness (QED) is 0.0869. The molecule has 3 aromatic carbocycles. The van der Waals surface area contributed by atoms with Crippen LogP contribution < -0.4 is 30.3 Å². The summed E-state index contributed by atoms with van der Waals surface area (Å²) in [7, 11) is 0. The van der Waals surface area contributed by atoms with Crippen molar-refractivity contribution in [2.45, 2.75) is 104 Å². The van der Waals surface area contributed by atoms with Gasteiger partial charge in [-0.15, -0.1) is 16.8 Å². The number of nitrogens with one attached hydrogen (secondary N) is 1. The molecule has 0 bridgehead atoms. The highest BCUT2D eigenvalue weighted by Crippen LogP contribution is 2.44. The molecule has 0 saturated carbocycles. The minimum absolute atomic E-state index is 0.0393. The minimum Gasteiger partial charge on any atom is -0.507 e. The first-order chi connectivity index (χ1) is 32.8. The highest BCUT2D eigenvalue weighted by atomic mass is 19.1. The second kappa shape index (κ2) is 24.7. The van der Waals surface area contributed by atoms with Gasteiger partial charge in [0.15, 0.2) is 5.82 Å². The molecular weight excluding hydrogens is 864 g/mol. The Balaban J connectivity index is 0.000000247. The lowest BCUT2D eigenvalue weighted by atomic mass is 9.87. The molecule has 0 aliphatic carbocycles. The van der Waals surface area contributed by atoms with E-state index in [-0.39, 0.29) is 47.7 Å². The van der Waals surface area contributed by atoms with Gasteiger partial charge in [-0.25, -0.2) is 4.39 Å². The molecule has 366 valence electrons. The molecule has 5 heterocycles. The van der Waals surface area contributed by atoms with Crippen molar-refractivity contribution in [3.05, 3.63) is 96.3 Å². The fraction of sp³-hybridized carbons (Fsp3) is 0.491. The molecule has 8 rings (SSSR count). The Hall–Kier alpha value is -6.22. The third-order valence-electron chi connectivity index (χ3n) is 13.1. The number of nitrogen functional groups attached to an aromatic ring is 1. The van der Waals surface area contributed by atoms with Crippen LogP contribution in [0.4, 0.5) is 21.6 Å². The lowest BCUT2D eigenvalue weighted by Crippen LogP contribution is -2.54. The summed E-state index contributed by atoms with van der Waals surface area (Å²) >= 11 is 0. The van der Waals surface area contributed by atoms with Crippen molar-refractivity contribution in [3.8, 4) is 28.5 Å². The number of phenols is 1. The molecular formula is C53H71FN8O6. The molecule has 1 aromatic heterocycles. The number of aryl methyl sites for hydroxylation is 1. The molecule has 14 nitrogen and oxygen atoms in total. The molecule has 3 saturated heterocycles. The van der Waals surface area contributed by atoms with Crippen LogP contribution in [0.5, 0.6) is 17.2 Å². The maximum atomic E-state index is 15.3. The van der Waals surface area contributed by atoms with E-state index < -0.39 is 6.04 Å². The Morgan fingerprint density at radius 2 is 1.75 bits per heavy atom. The van der Waals surface area contributed by atoms with E-state index >= 15 is 4.39 Å². The van der Waals surface area contributed by atoms with Gasteiger partial charge in [-0.2, -0.15) is 0 Å². The van der Waals surface area contributed by atoms with Gasteiger partial charge in [0, 0.05) is 56.6 Å². The Morgan fingerprint density at radius 1 is 1.01 bits per heavy atom. The number of imide groups is 1. The van der Waals surface area contributed by atoms with Gasteiger partial charge >= 0.3 is 0 Å². The number of nitrogens with two attached hydrogens (primary N) is 1. The Kier molecular flexibility index (Phi) is 18.6. The normalized spacial score (nSPS) is 18.1. The van der Waals surface area contributed by atoms with Crippen molar-refractivity contribution in [2.24, 2.45) is 5.92 Å². The van der Waals surface area contributed by atoms with Crippen LogP contribution in [0.2, 0.25) is 0 Å². The number of hydrogen-bond acceptors (Lipinski definition) is 12. The zero-order chi connectivity index (χ0) is 48.7. The Morgan fingerprint density at radius 3 is 2.43 bits per heavy atom. The summed E-state index contributed by atoms with van der Waals surface area (Å²) in [5.74, 6) is 1.82. The van der Waals surface area contributed by atoms with Crippen LogP contribution in [0.3, 0.4) is 0 Å². The standard InChI is InChI=1S/C32H39FN4O5.C18H26N4O.C3H6/c1-21-3-2-4-24(19-21)42-23-11-15-36(16-12-23)29(39)20-35-13-9-22(10-14-35)30-25(33)5-6-26-31(30)41-18-17-37(26)27-7-8-28(38)34-32(27)40;1-4-8-13(3)12-22(5-2)16-11-15(20-21-18(16)19)14-9-6-7-10-17(14)23;1-3-2/h2-6,19,22-23,27H,7-18,20H2,1H3,(H,34,38,40);6-7,9-11,13,23H,4-5,8,12H2,1-3H3,(H2,19,21);3H,1H2,2H3/t;13-;/m.1./s1. The molecule has 3 amide bonds. The fourth-order valence-electron chi connectivity index (χ4n) is 9.59. The van der Waals surface area contributed by atoms with E-state index in [1.807, 2.05) is 66.1 Å². The number of halogens is 1. The number of nitrogens with zero attached hydrogens (tertiary/aromatic N) is 6. The average Bonchev–Trinajstić information content (AvgIpc) is 3.32. The number of ether oxygens (including phenoxy) is 2. The maximum Gasteiger partial charge on any atom is 0.249 e. The summed E-state index contributed by atoms with van der Waals surface area (Å²) in [6.07, 6.45) is 8.00. The zero-order valence-electron chi connectivity index (χ0n) is 40.6. The molecule has 15 heteroatoms. The molecule has 3 fully saturated rings. The number of likely N-dealkylation sites (tertiary alicyclic amines) is 2. The van der Waals surface area contributed by atoms with Crippen LogP contribution in [0, 0.1) is 18.7 Å². The topological polar surface area (TPSA) is 167 Å². The SMILES string of the molecule is C=CC.CCC[C@@H](C)CN(CC)c1cc(-c2ccccc2O)nnc1N.Cc1cccc(OC2CCN(C(=O)CN3CCC(c4c(F)ccc5c4OCCN5C4CCC(=O)NC4=O)CC3)CC2)c1. The summed E-state index contributed by atoms with van der Waals surface area (Å²) in [4.78, 5) is 45.6. The zero-order valence-corrected chi connectivity index (χ0v) is 40.6. The predicted molar refractivity (Wildman–Crippen MR) is 267 cm³/mol. The lowest BCUT2D eigenvalue weighted by Gasteiger charge is -2.40. The van der Waals surface area contributed by atoms with Crippen molar-refractivity contribution >= 4 is 34.9 Å². The van der Waals surface area contributed by atoms with Gasteiger partial charge in [0.05, 0.1) is 30.2 Å². The number of rotatable bonds is 13. The molecule has 0 radical (unpaired) electrons. The van der Waals surface area contributed by atoms with Gasteiger partial charge in [0.25, 0.3) is 0 Å². The van der Waals surface area contributed by atoms with Gasteiger partial charge in [0.1, 0.15) is 41.8 Å². The molecule has 4 aliphatic heterocycles. The van der Waals surface area contributed by atoms with Crippen LogP contribution in [-0.4, -0.2) is 114 Å². The van der Waals surface area contributed by atoms with E-state index in [1.165, 1.54) is 24.5 Å². The van der Waals surface area contributed by atoms with Crippen LogP contribution in [0.15, 0.2) is 79.4 Å². The number of amides is 3. The summed E-state index contributed by atoms with van der Waals surface area (Å²) in [6, 6.07) is 19.8. The highest BCUT2D eigenvalue weighted by Gasteiger charge is 2.37. The first-order valence-electron chi connectivity index (χ1n) is 24.4. The van der Waals surface area contributed by atoms with Crippen molar-refractivity contribution in [1.82, 2.24) is 25.3 Å². The molecule has 4 aliphatic rings. The number of phenolic OH excluding ortho intramolecular Hbond substituents is 1. The molecule has 2 atom stereocenters. The molecule has 68 heavy (non-hydrogen) atoms. The third kappa shape index (κ3) is 13.3. The van der Waals surface area contributed by atoms with Crippen molar-refractivity contribution < 1.29 is 33.4 Å². The summed E-state index contributed by atoms with van der Waals surface area (Å²) in [5.41, 5.74) is 10.7. The second-order valence-corrected chi connectivity index (χ2v) is 18.2. The van der Waals surface area contributed by atoms with E-state index in [0.29, 0.717) is 92.3 Å². The lowest BCUT2D eigenvalue weighted by molar-refractivity contribution is -0.135. The molecule has 0 spiro atoms. The Labute approximate surface area is 401 Å². The number of anilines is 3. The average molecular weight is 935 g/mol. The number of allylic oxidation sites excluding steroid dienone is 1. The highest BCUT2D eigenvalue weighted by molar-refractivity contribution is 6.02. The smallest absolute Gasteiger partial charge is 0.249 e. The van der Waals surface area contributed by atoms with Gasteiger partial charge in [-0.05, 0) is 119 Å². The predicted octanol–water partition coefficient (Wildman–Crippen LogP) is 8.27. The number of benzene rings is 3. The number of carbonyl (C=O) groups is 3. The third-order valence-corrected chi connectivity index (χ3v) is 13.1. The van der Waals surface area contributed by atoms with Crippen LogP contribution in [0.1, 0.15) is 96.1 Å². The molecule has 4 aromatic rings. The number of piperidine rings is 3. The number of hydrogen-bond donors (Lipinski definition) is 3. The first kappa shape index (κ1) is 51.2. The minimum atomic E-state index is -0.476. The van der Waals surface area contributed by atoms with Crippen LogP contribution >= 0.6 is 0 Å². The van der Waals surface area contributed by atoms with E-state index in [2.05, 4.69) is 52.7 Å². The van der Waals surface area contributed by atoms with E-state index in [4.69, 9.17) is 15.2 Å².